The van der Waals surface area contributed by atoms with Crippen LogP contribution in [0.25, 0.3) is 0 Å². The van der Waals surface area contributed by atoms with Gasteiger partial charge in [0.15, 0.2) is 0 Å². The maximum atomic E-state index is 12.6. The minimum absolute atomic E-state index is 0.229. The van der Waals surface area contributed by atoms with Gasteiger partial charge in [-0.05, 0) is 25.3 Å². The highest BCUT2D eigenvalue weighted by Gasteiger charge is 2.32. The van der Waals surface area contributed by atoms with Crippen molar-refractivity contribution in [3.8, 4) is 0 Å². The van der Waals surface area contributed by atoms with Gasteiger partial charge >= 0.3 is 12.1 Å². The molecule has 1 atom stereocenters. The Labute approximate surface area is 138 Å². The fraction of sp³-hybridized carbons (Fsp3) is 0.529. The standard InChI is InChI=1S/C17H20F3NO3/c1-12(22)24-15(8-9-17(18,19)20)13-6-2-3-7-14(13)16(23)21-10-4-5-11-21/h2-3,6-7,15H,4-5,8-11H2,1H3/t15-/m1/s1. The van der Waals surface area contributed by atoms with Crippen molar-refractivity contribution in [1.82, 2.24) is 4.90 Å². The Balaban J connectivity index is 2.27. The fourth-order valence-electron chi connectivity index (χ4n) is 2.84. The van der Waals surface area contributed by atoms with Gasteiger partial charge in [0.2, 0.25) is 0 Å². The summed E-state index contributed by atoms with van der Waals surface area (Å²) in [4.78, 5) is 25.6. The molecule has 7 heteroatoms. The smallest absolute Gasteiger partial charge is 0.389 e. The molecule has 1 heterocycles. The van der Waals surface area contributed by atoms with Crippen LogP contribution < -0.4 is 0 Å². The third-order valence-electron chi connectivity index (χ3n) is 3.93. The maximum Gasteiger partial charge on any atom is 0.389 e. The van der Waals surface area contributed by atoms with E-state index in [0.29, 0.717) is 24.2 Å². The Morgan fingerprint density at radius 1 is 1.21 bits per heavy atom. The Morgan fingerprint density at radius 3 is 2.42 bits per heavy atom. The quantitative estimate of drug-likeness (QED) is 0.763. The van der Waals surface area contributed by atoms with Crippen LogP contribution >= 0.6 is 0 Å². The van der Waals surface area contributed by atoms with Crippen LogP contribution in [0.5, 0.6) is 0 Å². The zero-order chi connectivity index (χ0) is 17.7. The zero-order valence-electron chi connectivity index (χ0n) is 13.4. The summed E-state index contributed by atoms with van der Waals surface area (Å²) >= 11 is 0. The van der Waals surface area contributed by atoms with Gasteiger partial charge in [-0.25, -0.2) is 0 Å². The van der Waals surface area contributed by atoms with Crippen LogP contribution in [0.1, 0.15) is 54.6 Å². The molecule has 0 N–H and O–H groups in total. The highest BCUT2D eigenvalue weighted by Crippen LogP contribution is 2.32. The molecule has 1 amide bonds. The van der Waals surface area contributed by atoms with Crippen molar-refractivity contribution in [3.05, 3.63) is 35.4 Å². The summed E-state index contributed by atoms with van der Waals surface area (Å²) in [5.41, 5.74) is 0.627. The lowest BCUT2D eigenvalue weighted by Crippen LogP contribution is -2.29. The van der Waals surface area contributed by atoms with Crippen molar-refractivity contribution in [2.75, 3.05) is 13.1 Å². The lowest BCUT2D eigenvalue weighted by atomic mass is 9.97. The second-order valence-electron chi connectivity index (χ2n) is 5.84. The molecule has 1 saturated heterocycles. The molecule has 1 aromatic carbocycles. The Bertz CT molecular complexity index is 595. The first-order chi connectivity index (χ1) is 11.3. The molecule has 0 radical (unpaired) electrons. The lowest BCUT2D eigenvalue weighted by molar-refractivity contribution is -0.156. The predicted molar refractivity (Wildman–Crippen MR) is 81.4 cm³/mol. The second-order valence-corrected chi connectivity index (χ2v) is 5.84. The number of hydrogen-bond acceptors (Lipinski definition) is 3. The van der Waals surface area contributed by atoms with Crippen molar-refractivity contribution < 1.29 is 27.5 Å². The van der Waals surface area contributed by atoms with Crippen molar-refractivity contribution in [2.45, 2.75) is 44.9 Å². The van der Waals surface area contributed by atoms with Crippen LogP contribution in [0.2, 0.25) is 0 Å². The molecule has 132 valence electrons. The van der Waals surface area contributed by atoms with E-state index in [2.05, 4.69) is 0 Å². The monoisotopic (exact) mass is 343 g/mol. The molecule has 0 saturated carbocycles. The van der Waals surface area contributed by atoms with E-state index in [9.17, 15) is 22.8 Å². The zero-order valence-corrected chi connectivity index (χ0v) is 13.4. The van der Waals surface area contributed by atoms with Gasteiger partial charge in [-0.15, -0.1) is 0 Å². The highest BCUT2D eigenvalue weighted by molar-refractivity contribution is 5.96. The number of esters is 1. The van der Waals surface area contributed by atoms with E-state index in [1.807, 2.05) is 0 Å². The number of likely N-dealkylation sites (tertiary alicyclic amines) is 1. The first kappa shape index (κ1) is 18.3. The van der Waals surface area contributed by atoms with Crippen molar-refractivity contribution >= 4 is 11.9 Å². The first-order valence-corrected chi connectivity index (χ1v) is 7.90. The molecule has 0 spiro atoms. The molecule has 2 rings (SSSR count). The van der Waals surface area contributed by atoms with Gasteiger partial charge in [0.05, 0.1) is 0 Å². The number of halogens is 3. The largest absolute Gasteiger partial charge is 0.458 e. The van der Waals surface area contributed by atoms with Gasteiger partial charge < -0.3 is 9.64 Å². The number of carbonyl (C=O) groups is 2. The number of hydrogen-bond donors (Lipinski definition) is 0. The third-order valence-corrected chi connectivity index (χ3v) is 3.93. The highest BCUT2D eigenvalue weighted by atomic mass is 19.4. The molecule has 24 heavy (non-hydrogen) atoms. The number of rotatable bonds is 5. The van der Waals surface area contributed by atoms with Gasteiger partial charge in [0, 0.05) is 37.6 Å². The molecular formula is C17H20F3NO3. The van der Waals surface area contributed by atoms with E-state index >= 15 is 0 Å². The summed E-state index contributed by atoms with van der Waals surface area (Å²) in [5, 5.41) is 0. The van der Waals surface area contributed by atoms with Crippen molar-refractivity contribution in [3.63, 3.8) is 0 Å². The molecule has 0 bridgehead atoms. The number of alkyl halides is 3. The average molecular weight is 343 g/mol. The van der Waals surface area contributed by atoms with Gasteiger partial charge in [-0.3, -0.25) is 9.59 Å². The Morgan fingerprint density at radius 2 is 1.83 bits per heavy atom. The molecule has 0 aliphatic carbocycles. The van der Waals surface area contributed by atoms with E-state index in [4.69, 9.17) is 4.74 Å². The van der Waals surface area contributed by atoms with Crippen LogP contribution in [-0.4, -0.2) is 36.0 Å². The van der Waals surface area contributed by atoms with Gasteiger partial charge in [0.25, 0.3) is 5.91 Å². The van der Waals surface area contributed by atoms with Gasteiger partial charge in [-0.2, -0.15) is 13.2 Å². The van der Waals surface area contributed by atoms with E-state index in [-0.39, 0.29) is 5.91 Å². The number of nitrogens with zero attached hydrogens (tertiary/aromatic N) is 1. The first-order valence-electron chi connectivity index (χ1n) is 7.90. The summed E-state index contributed by atoms with van der Waals surface area (Å²) in [6.07, 6.45) is -5.12. The summed E-state index contributed by atoms with van der Waals surface area (Å²) < 4.78 is 42.8. The van der Waals surface area contributed by atoms with Crippen LogP contribution in [-0.2, 0) is 9.53 Å². The predicted octanol–water partition coefficient (Wildman–Crippen LogP) is 3.87. The molecule has 1 fully saturated rings. The van der Waals surface area contributed by atoms with Crippen LogP contribution in [0.3, 0.4) is 0 Å². The third kappa shape index (κ3) is 4.97. The topological polar surface area (TPSA) is 46.6 Å². The summed E-state index contributed by atoms with van der Waals surface area (Å²) in [6.45, 7) is 2.41. The Hall–Kier alpha value is -2.05. The number of ether oxygens (including phenoxy) is 1. The number of amides is 1. The second kappa shape index (κ2) is 7.68. The van der Waals surface area contributed by atoms with E-state index in [1.54, 1.807) is 29.2 Å². The van der Waals surface area contributed by atoms with Crippen LogP contribution in [0.15, 0.2) is 24.3 Å². The van der Waals surface area contributed by atoms with E-state index in [1.165, 1.54) is 0 Å². The fourth-order valence-corrected chi connectivity index (χ4v) is 2.84. The minimum Gasteiger partial charge on any atom is -0.458 e. The lowest BCUT2D eigenvalue weighted by Gasteiger charge is -2.23. The SMILES string of the molecule is CC(=O)O[C@H](CCC(F)(F)F)c1ccccc1C(=O)N1CCCC1. The van der Waals surface area contributed by atoms with Gasteiger partial charge in [-0.1, -0.05) is 18.2 Å². The average Bonchev–Trinajstić information content (AvgIpc) is 3.04. The molecule has 1 aliphatic rings. The molecule has 0 aromatic heterocycles. The molecule has 4 nitrogen and oxygen atoms in total. The Kier molecular flexibility index (Phi) is 5.85. The maximum absolute atomic E-state index is 12.6. The van der Waals surface area contributed by atoms with Gasteiger partial charge in [0.1, 0.15) is 6.10 Å². The summed E-state index contributed by atoms with van der Waals surface area (Å²) in [5.74, 6) is -0.905. The number of benzene rings is 1. The van der Waals surface area contributed by atoms with E-state index in [0.717, 1.165) is 19.8 Å². The normalized spacial score (nSPS) is 16.1. The van der Waals surface area contributed by atoms with Crippen molar-refractivity contribution in [2.24, 2.45) is 0 Å². The van der Waals surface area contributed by atoms with E-state index < -0.39 is 31.1 Å². The minimum atomic E-state index is -4.35. The molecular weight excluding hydrogens is 323 g/mol. The molecule has 0 unspecified atom stereocenters. The van der Waals surface area contributed by atoms with Crippen LogP contribution in [0, 0.1) is 0 Å². The summed E-state index contributed by atoms with van der Waals surface area (Å²) in [6, 6.07) is 6.40. The molecule has 1 aliphatic heterocycles. The summed E-state index contributed by atoms with van der Waals surface area (Å²) in [7, 11) is 0. The van der Waals surface area contributed by atoms with Crippen molar-refractivity contribution in [1.29, 1.82) is 0 Å². The number of carbonyl (C=O) groups excluding carboxylic acids is 2. The molecule has 1 aromatic rings. The van der Waals surface area contributed by atoms with Crippen LogP contribution in [0.4, 0.5) is 13.2 Å².